The molecule has 4 nitrogen and oxygen atoms in total. The predicted octanol–water partition coefficient (Wildman–Crippen LogP) is 0.889. The molecule has 5 heteroatoms. The number of hydrogen-bond donors (Lipinski definition) is 1. The molecule has 2 rings (SSSR count). The van der Waals surface area contributed by atoms with Gasteiger partial charge in [0.05, 0.1) is 6.33 Å². The van der Waals surface area contributed by atoms with Gasteiger partial charge < -0.3 is 10.3 Å². The summed E-state index contributed by atoms with van der Waals surface area (Å²) in [7, 11) is 0. The molecule has 0 radical (unpaired) electrons. The largest absolute Gasteiger partial charge is 0.334 e. The molecule has 17 heavy (non-hydrogen) atoms. The minimum atomic E-state index is -0.317. The number of rotatable bonds is 3. The number of hydrogen-bond acceptors (Lipinski definition) is 3. The second-order valence-corrected chi connectivity index (χ2v) is 3.71. The Morgan fingerprint density at radius 3 is 2.94 bits per heavy atom. The average molecular weight is 233 g/mol. The fourth-order valence-electron chi connectivity index (χ4n) is 1.57. The molecular weight excluding hydrogens is 221 g/mol. The highest BCUT2D eigenvalue weighted by Gasteiger charge is 2.01. The van der Waals surface area contributed by atoms with Gasteiger partial charge in [0.15, 0.2) is 0 Å². The Hall–Kier alpha value is -2.01. The van der Waals surface area contributed by atoms with Crippen LogP contribution in [0.1, 0.15) is 11.1 Å². The quantitative estimate of drug-likeness (QED) is 0.856. The van der Waals surface area contributed by atoms with E-state index in [2.05, 4.69) is 4.98 Å². The van der Waals surface area contributed by atoms with Crippen LogP contribution in [-0.2, 0) is 13.1 Å². The van der Waals surface area contributed by atoms with Crippen LogP contribution >= 0.6 is 0 Å². The Morgan fingerprint density at radius 2 is 2.24 bits per heavy atom. The number of benzene rings is 1. The van der Waals surface area contributed by atoms with Crippen molar-refractivity contribution in [1.29, 1.82) is 0 Å². The van der Waals surface area contributed by atoms with Crippen LogP contribution in [0.25, 0.3) is 0 Å². The first kappa shape index (κ1) is 11.5. The maximum absolute atomic E-state index is 13.0. The van der Waals surface area contributed by atoms with Crippen LogP contribution < -0.4 is 11.3 Å². The lowest BCUT2D eigenvalue weighted by Crippen LogP contribution is -2.19. The zero-order valence-electron chi connectivity index (χ0n) is 9.14. The number of nitrogens with zero attached hydrogens (tertiary/aromatic N) is 2. The molecule has 2 aromatic rings. The third kappa shape index (κ3) is 2.76. The minimum absolute atomic E-state index is 0.149. The first-order valence-corrected chi connectivity index (χ1v) is 5.18. The van der Waals surface area contributed by atoms with Crippen molar-refractivity contribution in [3.8, 4) is 0 Å². The second-order valence-electron chi connectivity index (χ2n) is 3.71. The van der Waals surface area contributed by atoms with E-state index in [1.807, 2.05) is 6.07 Å². The summed E-state index contributed by atoms with van der Waals surface area (Å²) in [5.41, 5.74) is 6.36. The Labute approximate surface area is 97.5 Å². The van der Waals surface area contributed by atoms with E-state index >= 15 is 0 Å². The summed E-state index contributed by atoms with van der Waals surface area (Å²) in [6.45, 7) is 0.605. The van der Waals surface area contributed by atoms with Crippen LogP contribution in [0.15, 0.2) is 41.6 Å². The van der Waals surface area contributed by atoms with E-state index < -0.39 is 0 Å². The van der Waals surface area contributed by atoms with E-state index in [1.165, 1.54) is 18.5 Å². The first-order chi connectivity index (χ1) is 8.19. The standard InChI is InChI=1S/C12H12FN3O/c13-11-3-1-2-9(4-11)6-16-7-10(5-14)12(17)15-8-16/h1-4,7-8H,5-6,14H2. The molecule has 0 amide bonds. The maximum Gasteiger partial charge on any atom is 0.277 e. The van der Waals surface area contributed by atoms with Crippen molar-refractivity contribution in [3.05, 3.63) is 64.1 Å². The van der Waals surface area contributed by atoms with Crippen LogP contribution in [0.4, 0.5) is 4.39 Å². The molecule has 2 N–H and O–H groups in total. The summed E-state index contributed by atoms with van der Waals surface area (Å²) in [4.78, 5) is 14.9. The fraction of sp³-hybridized carbons (Fsp3) is 0.167. The molecule has 0 unspecified atom stereocenters. The molecule has 1 heterocycles. The van der Waals surface area contributed by atoms with Crippen molar-refractivity contribution >= 4 is 0 Å². The summed E-state index contributed by atoms with van der Waals surface area (Å²) in [5.74, 6) is -0.282. The van der Waals surface area contributed by atoms with Gasteiger partial charge in [-0.2, -0.15) is 4.98 Å². The molecule has 88 valence electrons. The van der Waals surface area contributed by atoms with Gasteiger partial charge in [-0.15, -0.1) is 0 Å². The molecule has 1 aromatic heterocycles. The van der Waals surface area contributed by atoms with Crippen molar-refractivity contribution in [2.45, 2.75) is 13.1 Å². The van der Waals surface area contributed by atoms with Crippen LogP contribution in [0.5, 0.6) is 0 Å². The predicted molar refractivity (Wildman–Crippen MR) is 61.9 cm³/mol. The van der Waals surface area contributed by atoms with Gasteiger partial charge in [0.1, 0.15) is 5.82 Å². The van der Waals surface area contributed by atoms with E-state index in [9.17, 15) is 9.18 Å². The molecule has 0 atom stereocenters. The number of nitrogens with two attached hydrogens (primary N) is 1. The van der Waals surface area contributed by atoms with E-state index in [-0.39, 0.29) is 17.9 Å². The fourth-order valence-corrected chi connectivity index (χ4v) is 1.57. The van der Waals surface area contributed by atoms with Gasteiger partial charge in [-0.1, -0.05) is 12.1 Å². The van der Waals surface area contributed by atoms with Gasteiger partial charge in [-0.05, 0) is 17.7 Å². The third-order valence-corrected chi connectivity index (χ3v) is 2.39. The minimum Gasteiger partial charge on any atom is -0.334 e. The molecular formula is C12H12FN3O. The molecule has 0 saturated carbocycles. The molecule has 0 aliphatic carbocycles. The molecule has 1 aromatic carbocycles. The lowest BCUT2D eigenvalue weighted by molar-refractivity contribution is 0.622. The van der Waals surface area contributed by atoms with Gasteiger partial charge >= 0.3 is 0 Å². The van der Waals surface area contributed by atoms with Gasteiger partial charge in [0.25, 0.3) is 5.56 Å². The van der Waals surface area contributed by atoms with Crippen molar-refractivity contribution in [2.24, 2.45) is 5.73 Å². The summed E-state index contributed by atoms with van der Waals surface area (Å²) >= 11 is 0. The van der Waals surface area contributed by atoms with Crippen molar-refractivity contribution in [2.75, 3.05) is 0 Å². The van der Waals surface area contributed by atoms with Crippen LogP contribution in [0.2, 0.25) is 0 Å². The molecule has 0 spiro atoms. The molecule has 0 saturated heterocycles. The normalized spacial score (nSPS) is 10.5. The molecule has 0 bridgehead atoms. The van der Waals surface area contributed by atoms with Gasteiger partial charge in [0.2, 0.25) is 0 Å². The zero-order valence-corrected chi connectivity index (χ0v) is 9.14. The van der Waals surface area contributed by atoms with Crippen LogP contribution in [-0.4, -0.2) is 9.55 Å². The third-order valence-electron chi connectivity index (χ3n) is 2.39. The Balaban J connectivity index is 2.27. The van der Waals surface area contributed by atoms with E-state index in [1.54, 1.807) is 16.8 Å². The van der Waals surface area contributed by atoms with Crippen molar-refractivity contribution < 1.29 is 4.39 Å². The first-order valence-electron chi connectivity index (χ1n) is 5.18. The highest BCUT2D eigenvalue weighted by atomic mass is 19.1. The highest BCUT2D eigenvalue weighted by Crippen LogP contribution is 2.05. The van der Waals surface area contributed by atoms with Crippen LogP contribution in [0.3, 0.4) is 0 Å². The molecule has 0 aliphatic heterocycles. The maximum atomic E-state index is 13.0. The van der Waals surface area contributed by atoms with Gasteiger partial charge in [-0.3, -0.25) is 4.79 Å². The number of aromatic nitrogens is 2. The summed E-state index contributed by atoms with van der Waals surface area (Å²) < 4.78 is 14.7. The van der Waals surface area contributed by atoms with Crippen molar-refractivity contribution in [3.63, 3.8) is 0 Å². The van der Waals surface area contributed by atoms with Gasteiger partial charge in [-0.25, -0.2) is 4.39 Å². The topological polar surface area (TPSA) is 60.9 Å². The molecule has 0 fully saturated rings. The molecule has 0 aliphatic rings. The average Bonchev–Trinajstić information content (AvgIpc) is 2.32. The van der Waals surface area contributed by atoms with E-state index in [4.69, 9.17) is 5.73 Å². The summed E-state index contributed by atoms with van der Waals surface area (Å²) in [5, 5.41) is 0. The van der Waals surface area contributed by atoms with Gasteiger partial charge in [0, 0.05) is 24.8 Å². The second kappa shape index (κ2) is 4.88. The lowest BCUT2D eigenvalue weighted by atomic mass is 10.2. The van der Waals surface area contributed by atoms with Crippen LogP contribution in [0, 0.1) is 5.82 Å². The number of halogens is 1. The Bertz CT molecular complexity index is 580. The Morgan fingerprint density at radius 1 is 1.41 bits per heavy atom. The smallest absolute Gasteiger partial charge is 0.277 e. The SMILES string of the molecule is NCc1cn(Cc2cccc(F)c2)cnc1=O. The van der Waals surface area contributed by atoms with E-state index in [0.717, 1.165) is 5.56 Å². The Kier molecular flexibility index (Phi) is 3.30. The summed E-state index contributed by atoms with van der Waals surface area (Å²) in [6, 6.07) is 6.28. The van der Waals surface area contributed by atoms with Crippen molar-refractivity contribution in [1.82, 2.24) is 9.55 Å². The lowest BCUT2D eigenvalue weighted by Gasteiger charge is -2.07. The monoisotopic (exact) mass is 233 g/mol. The summed E-state index contributed by atoms with van der Waals surface area (Å²) in [6.07, 6.45) is 3.06. The zero-order chi connectivity index (χ0) is 12.3. The van der Waals surface area contributed by atoms with E-state index in [0.29, 0.717) is 12.1 Å². The highest BCUT2D eigenvalue weighted by molar-refractivity contribution is 5.17.